The summed E-state index contributed by atoms with van der Waals surface area (Å²) in [4.78, 5) is 10.5. The molecule has 0 amide bonds. The van der Waals surface area contributed by atoms with E-state index in [1.54, 1.807) is 0 Å². The maximum absolute atomic E-state index is 6.83. The summed E-state index contributed by atoms with van der Waals surface area (Å²) in [5.41, 5.74) is 4.44. The van der Waals surface area contributed by atoms with Gasteiger partial charge in [0.2, 0.25) is 8.32 Å². The fourth-order valence-corrected chi connectivity index (χ4v) is 8.62. The van der Waals surface area contributed by atoms with E-state index in [1.807, 2.05) is 0 Å². The number of likely N-dealkylation sites (tertiary alicyclic amines) is 1. The molecule has 1 unspecified atom stereocenters. The van der Waals surface area contributed by atoms with E-state index >= 15 is 0 Å². The summed E-state index contributed by atoms with van der Waals surface area (Å²) in [5, 5.41) is 6.51. The van der Waals surface area contributed by atoms with E-state index in [9.17, 15) is 0 Å². The van der Waals surface area contributed by atoms with Gasteiger partial charge in [0.25, 0.3) is 0 Å². The summed E-state index contributed by atoms with van der Waals surface area (Å²) in [6, 6.07) is 7.66. The van der Waals surface area contributed by atoms with Gasteiger partial charge < -0.3 is 23.4 Å². The summed E-state index contributed by atoms with van der Waals surface area (Å²) in [6.07, 6.45) is 5.71. The zero-order valence-electron chi connectivity index (χ0n) is 30.7. The van der Waals surface area contributed by atoms with Crippen LogP contribution in [0.1, 0.15) is 70.5 Å². The van der Waals surface area contributed by atoms with Crippen LogP contribution >= 0.6 is 0 Å². The first-order valence-electron chi connectivity index (χ1n) is 18.1. The van der Waals surface area contributed by atoms with Crippen LogP contribution in [0.15, 0.2) is 18.2 Å². The first-order chi connectivity index (χ1) is 22.2. The minimum Gasteiger partial charge on any atom is -0.543 e. The number of hydrogen-bond acceptors (Lipinski definition) is 7. The Labute approximate surface area is 285 Å². The van der Waals surface area contributed by atoms with Crippen molar-refractivity contribution in [2.24, 2.45) is 5.92 Å². The smallest absolute Gasteiger partial charge is 0.250 e. The maximum Gasteiger partial charge on any atom is 0.250 e. The second-order valence-electron chi connectivity index (χ2n) is 17.2. The molecule has 0 bridgehead atoms. The molecule has 260 valence electrons. The molecule has 9 nitrogen and oxygen atoms in total. The van der Waals surface area contributed by atoms with E-state index in [2.05, 4.69) is 97.8 Å². The van der Waals surface area contributed by atoms with Crippen LogP contribution in [0.5, 0.6) is 5.75 Å². The molecule has 0 radical (unpaired) electrons. The summed E-state index contributed by atoms with van der Waals surface area (Å²) >= 11 is 0. The number of hydrogen-bond donors (Lipinski definition) is 0. The molecule has 3 aliphatic rings. The van der Waals surface area contributed by atoms with E-state index < -0.39 is 16.4 Å². The molecule has 2 saturated heterocycles. The van der Waals surface area contributed by atoms with Crippen molar-refractivity contribution < 1.29 is 13.9 Å². The number of nitrogens with zero attached hydrogens (tertiary/aromatic N) is 6. The zero-order chi connectivity index (χ0) is 33.6. The van der Waals surface area contributed by atoms with Gasteiger partial charge >= 0.3 is 0 Å². The molecule has 0 aliphatic carbocycles. The van der Waals surface area contributed by atoms with Crippen LogP contribution in [-0.2, 0) is 29.3 Å². The van der Waals surface area contributed by atoms with Crippen LogP contribution in [0, 0.1) is 5.92 Å². The summed E-state index contributed by atoms with van der Waals surface area (Å²) < 4.78 is 24.0. The number of piperidine rings is 1. The van der Waals surface area contributed by atoms with Crippen LogP contribution in [0.3, 0.4) is 0 Å². The zero-order valence-corrected chi connectivity index (χ0v) is 32.7. The lowest BCUT2D eigenvalue weighted by Crippen LogP contribution is -2.43. The largest absolute Gasteiger partial charge is 0.543 e. The molecule has 6 rings (SSSR count). The fraction of sp³-hybridized carbons (Fsp3) is 0.722. The van der Waals surface area contributed by atoms with Gasteiger partial charge in [-0.15, -0.1) is 0 Å². The van der Waals surface area contributed by atoms with E-state index in [0.717, 1.165) is 92.2 Å². The Kier molecular flexibility index (Phi) is 10.2. The monoisotopic (exact) mass is 680 g/mol. The maximum atomic E-state index is 6.83. The second kappa shape index (κ2) is 13.7. The third-order valence-electron chi connectivity index (χ3n) is 11.0. The molecule has 1 atom stereocenters. The lowest BCUT2D eigenvalue weighted by Gasteiger charge is -2.36. The molecule has 5 heterocycles. The molecular formula is C36H60N6O3Si2. The lowest BCUT2D eigenvalue weighted by atomic mass is 9.97. The van der Waals surface area contributed by atoms with E-state index in [1.165, 1.54) is 37.3 Å². The third-order valence-corrected chi connectivity index (χ3v) is 17.0. The molecule has 0 saturated carbocycles. The van der Waals surface area contributed by atoms with Gasteiger partial charge in [-0.05, 0) is 101 Å². The van der Waals surface area contributed by atoms with Gasteiger partial charge in [-0.1, -0.05) is 40.4 Å². The molecular weight excluding hydrogens is 621 g/mol. The summed E-state index contributed by atoms with van der Waals surface area (Å²) in [5.74, 6) is 2.58. The highest BCUT2D eigenvalue weighted by Crippen LogP contribution is 2.41. The van der Waals surface area contributed by atoms with Crippen LogP contribution in [0.25, 0.3) is 22.4 Å². The highest BCUT2D eigenvalue weighted by molar-refractivity contribution is 6.76. The van der Waals surface area contributed by atoms with Crippen molar-refractivity contribution in [1.82, 2.24) is 29.1 Å². The molecule has 3 aromatic rings. The third kappa shape index (κ3) is 7.91. The molecule has 3 aliphatic heterocycles. The molecule has 1 aromatic carbocycles. The Morgan fingerprint density at radius 2 is 1.77 bits per heavy atom. The lowest BCUT2D eigenvalue weighted by molar-refractivity contribution is -0.0365. The fourth-order valence-electron chi connectivity index (χ4n) is 6.84. The molecule has 47 heavy (non-hydrogen) atoms. The molecule has 2 aromatic heterocycles. The van der Waals surface area contributed by atoms with Gasteiger partial charge in [0.15, 0.2) is 12.1 Å². The number of fused-ring (bicyclic) bond motifs is 2. The summed E-state index contributed by atoms with van der Waals surface area (Å²) in [7, 11) is -1.00. The average Bonchev–Trinajstić information content (AvgIpc) is 3.66. The predicted octanol–water partition coefficient (Wildman–Crippen LogP) is 7.95. The molecule has 0 spiro atoms. The van der Waals surface area contributed by atoms with Gasteiger partial charge in [0.1, 0.15) is 18.2 Å². The number of aromatic nitrogens is 4. The van der Waals surface area contributed by atoms with Crippen LogP contribution in [0.2, 0.25) is 43.8 Å². The van der Waals surface area contributed by atoms with Gasteiger partial charge in [-0.2, -0.15) is 5.10 Å². The second-order valence-corrected chi connectivity index (χ2v) is 27.5. The highest BCUT2D eigenvalue weighted by atomic mass is 28.4. The van der Waals surface area contributed by atoms with Crippen molar-refractivity contribution in [1.29, 1.82) is 0 Å². The van der Waals surface area contributed by atoms with Crippen molar-refractivity contribution in [3.8, 4) is 17.3 Å². The topological polar surface area (TPSA) is 69.8 Å². The number of rotatable bonds is 11. The molecule has 0 N–H and O–H groups in total. The molecule has 11 heteroatoms. The Morgan fingerprint density at radius 3 is 2.45 bits per heavy atom. The predicted molar refractivity (Wildman–Crippen MR) is 196 cm³/mol. The van der Waals surface area contributed by atoms with Gasteiger partial charge in [-0.25, -0.2) is 9.67 Å². The number of imidazole rings is 1. The Morgan fingerprint density at radius 1 is 1.00 bits per heavy atom. The minimum atomic E-state index is -2.03. The van der Waals surface area contributed by atoms with Crippen LogP contribution in [-0.4, -0.2) is 85.4 Å². The Hall–Kier alpha value is -2.03. The van der Waals surface area contributed by atoms with E-state index in [4.69, 9.17) is 24.0 Å². The van der Waals surface area contributed by atoms with Crippen molar-refractivity contribution in [3.05, 3.63) is 29.6 Å². The first-order valence-corrected chi connectivity index (χ1v) is 24.7. The summed E-state index contributed by atoms with van der Waals surface area (Å²) in [6.45, 7) is 26.1. The minimum absolute atomic E-state index is 0.0690. The van der Waals surface area contributed by atoms with Crippen LogP contribution < -0.4 is 4.43 Å². The normalized spacial score (nSPS) is 20.7. The van der Waals surface area contributed by atoms with Gasteiger partial charge in [0.05, 0.1) is 16.9 Å². The average molecular weight is 681 g/mol. The highest BCUT2D eigenvalue weighted by Gasteiger charge is 2.39. The quantitative estimate of drug-likeness (QED) is 0.150. The van der Waals surface area contributed by atoms with E-state index in [0.29, 0.717) is 6.73 Å². The Balaban J connectivity index is 1.37. The first kappa shape index (κ1) is 34.8. The van der Waals surface area contributed by atoms with Gasteiger partial charge in [-0.3, -0.25) is 4.90 Å². The van der Waals surface area contributed by atoms with Crippen molar-refractivity contribution in [2.75, 3.05) is 39.9 Å². The number of benzene rings is 1. The molecule has 2 fully saturated rings. The van der Waals surface area contributed by atoms with Crippen molar-refractivity contribution in [2.45, 2.75) is 123 Å². The van der Waals surface area contributed by atoms with Crippen molar-refractivity contribution >= 4 is 27.3 Å². The van der Waals surface area contributed by atoms with Crippen LogP contribution in [0.4, 0.5) is 0 Å². The SMILES string of the molecule is CN1CCC(CN2Cc3nc(-c4nn(C5CCCCO5)c5ccc(O[Si](C)(C)C(C)(C)C)cc45)n(COCC[Si](C)(C)C)c3C2)CC1. The van der Waals surface area contributed by atoms with Crippen molar-refractivity contribution in [3.63, 3.8) is 0 Å². The standard InChI is InChI=1S/C36H60N6O3Si2/c1-36(2,3)47(8,9)45-28-13-14-31-29(22-28)34(38-42(31)33-12-10-11-19-44-33)35-37-30-24-40(23-27-15-17-39(4)18-16-27)25-32(30)41(35)26-43-20-21-46(5,6)7/h13-14,22,27,33H,10-12,15-21,23-26H2,1-9H3. The number of ether oxygens (including phenoxy) is 2. The van der Waals surface area contributed by atoms with Gasteiger partial charge in [0, 0.05) is 46.3 Å². The van der Waals surface area contributed by atoms with E-state index in [-0.39, 0.29) is 11.3 Å². The Bertz CT molecular complexity index is 1520.